The highest BCUT2D eigenvalue weighted by molar-refractivity contribution is 5.84. The first-order chi connectivity index (χ1) is 14.6. The highest BCUT2D eigenvalue weighted by Crippen LogP contribution is 2.29. The Labute approximate surface area is 175 Å². The maximum atomic E-state index is 12.8. The van der Waals surface area contributed by atoms with E-state index < -0.39 is 12.0 Å². The molecule has 1 N–H and O–H groups in total. The third kappa shape index (κ3) is 4.45. The molecule has 1 saturated heterocycles. The first-order valence-corrected chi connectivity index (χ1v) is 10.2. The number of fused-ring (bicyclic) bond motifs is 1. The zero-order chi connectivity index (χ0) is 20.9. The predicted octanol–water partition coefficient (Wildman–Crippen LogP) is 3.50. The Morgan fingerprint density at radius 3 is 2.53 bits per heavy atom. The Morgan fingerprint density at radius 2 is 1.83 bits per heavy atom. The molecular weight excluding hydrogens is 382 g/mol. The molecule has 156 valence electrons. The van der Waals surface area contributed by atoms with Gasteiger partial charge in [-0.25, -0.2) is 14.6 Å². The van der Waals surface area contributed by atoms with Crippen LogP contribution in [-0.2, 0) is 16.0 Å². The minimum absolute atomic E-state index is 0.183. The van der Waals surface area contributed by atoms with Gasteiger partial charge in [-0.2, -0.15) is 0 Å². The third-order valence-corrected chi connectivity index (χ3v) is 5.51. The van der Waals surface area contributed by atoms with Gasteiger partial charge in [0, 0.05) is 25.4 Å². The molecule has 7 heteroatoms. The molecule has 0 bridgehead atoms. The number of methoxy groups -OCH3 is 1. The van der Waals surface area contributed by atoms with Crippen LogP contribution in [0.4, 0.5) is 4.79 Å². The number of esters is 1. The summed E-state index contributed by atoms with van der Waals surface area (Å²) in [5.74, 6) is 0.462. The quantitative estimate of drug-likeness (QED) is 0.655. The lowest BCUT2D eigenvalue weighted by Crippen LogP contribution is -2.51. The van der Waals surface area contributed by atoms with Gasteiger partial charge in [0.25, 0.3) is 0 Å². The van der Waals surface area contributed by atoms with E-state index in [1.165, 1.54) is 7.11 Å². The largest absolute Gasteiger partial charge is 0.467 e. The molecule has 0 radical (unpaired) electrons. The van der Waals surface area contributed by atoms with Crippen molar-refractivity contribution in [3.63, 3.8) is 0 Å². The summed E-state index contributed by atoms with van der Waals surface area (Å²) < 4.78 is 10.8. The van der Waals surface area contributed by atoms with Gasteiger partial charge in [-0.3, -0.25) is 0 Å². The van der Waals surface area contributed by atoms with Gasteiger partial charge in [-0.15, -0.1) is 0 Å². The van der Waals surface area contributed by atoms with Crippen molar-refractivity contribution in [2.24, 2.45) is 0 Å². The van der Waals surface area contributed by atoms with Gasteiger partial charge in [0.2, 0.25) is 0 Å². The summed E-state index contributed by atoms with van der Waals surface area (Å²) in [4.78, 5) is 31.3. The Bertz CT molecular complexity index is 976. The zero-order valence-corrected chi connectivity index (χ0v) is 16.9. The van der Waals surface area contributed by atoms with E-state index in [-0.39, 0.29) is 11.9 Å². The normalized spacial score (nSPS) is 15.7. The fourth-order valence-electron chi connectivity index (χ4n) is 3.82. The highest BCUT2D eigenvalue weighted by atomic mass is 16.5. The Kier molecular flexibility index (Phi) is 5.97. The van der Waals surface area contributed by atoms with E-state index in [0.717, 1.165) is 35.4 Å². The smallest absolute Gasteiger partial charge is 0.328 e. The molecule has 1 aliphatic rings. The van der Waals surface area contributed by atoms with E-state index in [4.69, 9.17) is 9.15 Å². The van der Waals surface area contributed by atoms with Crippen LogP contribution in [0.3, 0.4) is 0 Å². The Morgan fingerprint density at radius 1 is 1.13 bits per heavy atom. The average Bonchev–Trinajstić information content (AvgIpc) is 3.23. The molecule has 2 aromatic carbocycles. The molecule has 2 amide bonds. The molecular formula is C23H25N3O4. The maximum absolute atomic E-state index is 12.8. The summed E-state index contributed by atoms with van der Waals surface area (Å²) in [5, 5.41) is 2.84. The van der Waals surface area contributed by atoms with Crippen LogP contribution in [0.15, 0.2) is 59.0 Å². The van der Waals surface area contributed by atoms with Crippen molar-refractivity contribution in [1.29, 1.82) is 0 Å². The number of oxazole rings is 1. The lowest BCUT2D eigenvalue weighted by Gasteiger charge is -2.31. The number of amides is 2. The maximum Gasteiger partial charge on any atom is 0.328 e. The van der Waals surface area contributed by atoms with Crippen molar-refractivity contribution in [3.8, 4) is 0 Å². The monoisotopic (exact) mass is 407 g/mol. The number of likely N-dealkylation sites (tertiary alicyclic amines) is 1. The fourth-order valence-corrected chi connectivity index (χ4v) is 3.82. The van der Waals surface area contributed by atoms with Crippen molar-refractivity contribution in [2.75, 3.05) is 20.2 Å². The second-order valence-corrected chi connectivity index (χ2v) is 7.50. The van der Waals surface area contributed by atoms with Gasteiger partial charge in [-0.05, 0) is 30.5 Å². The number of carbonyl (C=O) groups is 2. The number of hydrogen-bond acceptors (Lipinski definition) is 5. The van der Waals surface area contributed by atoms with E-state index in [2.05, 4.69) is 10.3 Å². The summed E-state index contributed by atoms with van der Waals surface area (Å²) in [5.41, 5.74) is 2.60. The van der Waals surface area contributed by atoms with Crippen molar-refractivity contribution in [3.05, 3.63) is 66.1 Å². The van der Waals surface area contributed by atoms with Crippen LogP contribution in [0, 0.1) is 0 Å². The molecule has 1 aromatic heterocycles. The van der Waals surface area contributed by atoms with E-state index in [1.54, 1.807) is 4.90 Å². The first kappa shape index (κ1) is 19.9. The van der Waals surface area contributed by atoms with Gasteiger partial charge >= 0.3 is 12.0 Å². The average molecular weight is 407 g/mol. The SMILES string of the molecule is COC(=O)C(Cc1ccccc1)NC(=O)N1CCC(c2nc3ccccc3o2)CC1. The highest BCUT2D eigenvalue weighted by Gasteiger charge is 2.29. The molecule has 0 spiro atoms. The van der Waals surface area contributed by atoms with Crippen LogP contribution in [0.25, 0.3) is 11.1 Å². The molecule has 3 aromatic rings. The number of urea groups is 1. The molecule has 1 unspecified atom stereocenters. The summed E-state index contributed by atoms with van der Waals surface area (Å²) in [7, 11) is 1.33. The molecule has 7 nitrogen and oxygen atoms in total. The van der Waals surface area contributed by atoms with Crippen LogP contribution in [-0.4, -0.2) is 48.1 Å². The topological polar surface area (TPSA) is 84.7 Å². The minimum Gasteiger partial charge on any atom is -0.467 e. The molecule has 1 aliphatic heterocycles. The lowest BCUT2D eigenvalue weighted by molar-refractivity contribution is -0.142. The van der Waals surface area contributed by atoms with Gasteiger partial charge in [-0.1, -0.05) is 42.5 Å². The molecule has 4 rings (SSSR count). The Balaban J connectivity index is 1.36. The lowest BCUT2D eigenvalue weighted by atomic mass is 9.97. The van der Waals surface area contributed by atoms with E-state index in [9.17, 15) is 9.59 Å². The number of aromatic nitrogens is 1. The van der Waals surface area contributed by atoms with Gasteiger partial charge in [0.1, 0.15) is 11.6 Å². The number of para-hydroxylation sites is 2. The summed E-state index contributed by atoms with van der Waals surface area (Å²) >= 11 is 0. The van der Waals surface area contributed by atoms with Crippen LogP contribution in [0.5, 0.6) is 0 Å². The molecule has 2 heterocycles. The van der Waals surface area contributed by atoms with Crippen molar-refractivity contribution in [1.82, 2.24) is 15.2 Å². The van der Waals surface area contributed by atoms with Crippen LogP contribution in [0.2, 0.25) is 0 Å². The second kappa shape index (κ2) is 8.98. The van der Waals surface area contributed by atoms with Crippen molar-refractivity contribution < 1.29 is 18.7 Å². The molecule has 30 heavy (non-hydrogen) atoms. The summed E-state index contributed by atoms with van der Waals surface area (Å²) in [6, 6.07) is 16.3. The summed E-state index contributed by atoms with van der Waals surface area (Å²) in [6.45, 7) is 1.16. The number of piperidine rings is 1. The molecule has 0 aliphatic carbocycles. The second-order valence-electron chi connectivity index (χ2n) is 7.50. The predicted molar refractivity (Wildman–Crippen MR) is 112 cm³/mol. The number of nitrogens with zero attached hydrogens (tertiary/aromatic N) is 2. The Hall–Kier alpha value is -3.35. The number of hydrogen-bond donors (Lipinski definition) is 1. The zero-order valence-electron chi connectivity index (χ0n) is 16.9. The van der Waals surface area contributed by atoms with E-state index >= 15 is 0 Å². The number of nitrogens with one attached hydrogen (secondary N) is 1. The molecule has 1 fully saturated rings. The first-order valence-electron chi connectivity index (χ1n) is 10.2. The van der Waals surface area contributed by atoms with Gasteiger partial charge in [0.15, 0.2) is 11.5 Å². The van der Waals surface area contributed by atoms with Crippen molar-refractivity contribution >= 4 is 23.1 Å². The van der Waals surface area contributed by atoms with Gasteiger partial charge in [0.05, 0.1) is 7.11 Å². The third-order valence-electron chi connectivity index (χ3n) is 5.51. The number of rotatable bonds is 5. The van der Waals surface area contributed by atoms with E-state index in [0.29, 0.717) is 19.5 Å². The van der Waals surface area contributed by atoms with E-state index in [1.807, 2.05) is 54.6 Å². The number of carbonyl (C=O) groups excluding carboxylic acids is 2. The molecule has 1 atom stereocenters. The fraction of sp³-hybridized carbons (Fsp3) is 0.348. The van der Waals surface area contributed by atoms with Crippen LogP contribution in [0.1, 0.15) is 30.2 Å². The van der Waals surface area contributed by atoms with Gasteiger partial charge < -0.3 is 19.4 Å². The molecule has 0 saturated carbocycles. The number of benzene rings is 2. The standard InChI is InChI=1S/C23H25N3O4/c1-29-22(27)19(15-16-7-3-2-4-8-16)25-23(28)26-13-11-17(12-14-26)21-24-18-9-5-6-10-20(18)30-21/h2-10,17,19H,11-15H2,1H3,(H,25,28). The number of ether oxygens (including phenoxy) is 1. The van der Waals surface area contributed by atoms with Crippen molar-refractivity contribution in [2.45, 2.75) is 31.2 Å². The van der Waals surface area contributed by atoms with Crippen LogP contribution >= 0.6 is 0 Å². The van der Waals surface area contributed by atoms with Crippen LogP contribution < -0.4 is 5.32 Å². The minimum atomic E-state index is -0.723. The summed E-state index contributed by atoms with van der Waals surface area (Å²) in [6.07, 6.45) is 1.92.